The van der Waals surface area contributed by atoms with E-state index in [4.69, 9.17) is 9.97 Å². The maximum atomic E-state index is 5.30. The van der Waals surface area contributed by atoms with Crippen LogP contribution in [0.5, 0.6) is 0 Å². The molecule has 10 rings (SSSR count). The molecule has 0 atom stereocenters. The molecule has 3 nitrogen and oxygen atoms in total. The standard InChI is InChI=1S/C43H29N3S/c1-43(2)32-17-9-6-14-29(32)41-39(43)40(26-12-4-3-5-13-26)44-42(45-41)27-20-22-28(23-21-27)46-33-18-10-7-15-30(33)37-34(46)24-25-36-38(37)31-16-8-11-19-35(31)47-36/h3-25H,1-2H3. The molecule has 3 heterocycles. The Morgan fingerprint density at radius 2 is 1.23 bits per heavy atom. The predicted molar refractivity (Wildman–Crippen MR) is 198 cm³/mol. The molecular formula is C43H29N3S. The van der Waals surface area contributed by atoms with Crippen LogP contribution in [0.15, 0.2) is 140 Å². The van der Waals surface area contributed by atoms with Crippen molar-refractivity contribution in [2.24, 2.45) is 0 Å². The van der Waals surface area contributed by atoms with Crippen LogP contribution in [0.1, 0.15) is 25.0 Å². The number of aromatic nitrogens is 3. The SMILES string of the molecule is CC1(C)c2ccccc2-c2nc(-c3ccc(-n4c5ccccc5c5c6c(ccc54)sc4ccccc46)cc3)nc(-c3ccccc3)c21. The number of hydrogen-bond acceptors (Lipinski definition) is 3. The molecule has 0 fully saturated rings. The highest BCUT2D eigenvalue weighted by Gasteiger charge is 2.39. The van der Waals surface area contributed by atoms with Gasteiger partial charge in [0.1, 0.15) is 0 Å². The molecule has 47 heavy (non-hydrogen) atoms. The van der Waals surface area contributed by atoms with Gasteiger partial charge in [-0.05, 0) is 54.1 Å². The second kappa shape index (κ2) is 9.71. The zero-order valence-corrected chi connectivity index (χ0v) is 26.8. The molecule has 4 heteroatoms. The molecule has 0 unspecified atom stereocenters. The van der Waals surface area contributed by atoms with E-state index in [1.165, 1.54) is 58.7 Å². The molecule has 1 aliphatic carbocycles. The van der Waals surface area contributed by atoms with Crippen molar-refractivity contribution in [3.63, 3.8) is 0 Å². The summed E-state index contributed by atoms with van der Waals surface area (Å²) in [7, 11) is 0. The second-order valence-corrected chi connectivity index (χ2v) is 14.1. The second-order valence-electron chi connectivity index (χ2n) is 13.0. The minimum atomic E-state index is -0.199. The third-order valence-corrected chi connectivity index (χ3v) is 11.1. The van der Waals surface area contributed by atoms with Crippen molar-refractivity contribution < 1.29 is 0 Å². The van der Waals surface area contributed by atoms with Crippen LogP contribution in [-0.2, 0) is 5.41 Å². The fourth-order valence-electron chi connectivity index (χ4n) is 7.86. The summed E-state index contributed by atoms with van der Waals surface area (Å²) in [5.74, 6) is 0.746. The van der Waals surface area contributed by atoms with Gasteiger partial charge in [0.15, 0.2) is 5.82 Å². The Bertz CT molecular complexity index is 2700. The molecule has 222 valence electrons. The van der Waals surface area contributed by atoms with Gasteiger partial charge in [0.05, 0.1) is 22.4 Å². The minimum Gasteiger partial charge on any atom is -0.309 e. The Hall–Kier alpha value is -5.58. The lowest BCUT2D eigenvalue weighted by Gasteiger charge is -2.23. The van der Waals surface area contributed by atoms with Crippen molar-refractivity contribution in [1.82, 2.24) is 14.5 Å². The van der Waals surface area contributed by atoms with E-state index in [9.17, 15) is 0 Å². The van der Waals surface area contributed by atoms with E-state index in [-0.39, 0.29) is 5.41 Å². The average Bonchev–Trinajstić information content (AvgIpc) is 3.74. The maximum Gasteiger partial charge on any atom is 0.160 e. The average molecular weight is 620 g/mol. The van der Waals surface area contributed by atoms with Crippen molar-refractivity contribution >= 4 is 53.3 Å². The molecule has 9 aromatic rings. The highest BCUT2D eigenvalue weighted by atomic mass is 32.1. The van der Waals surface area contributed by atoms with Gasteiger partial charge in [-0.1, -0.05) is 105 Å². The van der Waals surface area contributed by atoms with E-state index in [0.29, 0.717) is 0 Å². The number of benzene rings is 6. The van der Waals surface area contributed by atoms with Gasteiger partial charge in [-0.25, -0.2) is 9.97 Å². The quantitative estimate of drug-likeness (QED) is 0.197. The lowest BCUT2D eigenvalue weighted by molar-refractivity contribution is 0.658. The first-order valence-corrected chi connectivity index (χ1v) is 16.9. The van der Waals surface area contributed by atoms with Crippen molar-refractivity contribution in [3.8, 4) is 39.6 Å². The minimum absolute atomic E-state index is 0.199. The van der Waals surface area contributed by atoms with E-state index in [0.717, 1.165) is 34.0 Å². The predicted octanol–water partition coefficient (Wildman–Crippen LogP) is 11.6. The number of nitrogens with zero attached hydrogens (tertiary/aromatic N) is 3. The van der Waals surface area contributed by atoms with Gasteiger partial charge in [-0.15, -0.1) is 11.3 Å². The van der Waals surface area contributed by atoms with E-state index in [2.05, 4.69) is 158 Å². The van der Waals surface area contributed by atoms with Crippen molar-refractivity contribution in [2.45, 2.75) is 19.3 Å². The summed E-state index contributed by atoms with van der Waals surface area (Å²) >= 11 is 1.87. The molecule has 6 aromatic carbocycles. The number of hydrogen-bond donors (Lipinski definition) is 0. The summed E-state index contributed by atoms with van der Waals surface area (Å²) in [5.41, 5.74) is 11.2. The molecule has 1 aliphatic rings. The van der Waals surface area contributed by atoms with Crippen LogP contribution in [0.2, 0.25) is 0 Å². The Balaban J connectivity index is 1.17. The van der Waals surface area contributed by atoms with Gasteiger partial charge in [0.2, 0.25) is 0 Å². The van der Waals surface area contributed by atoms with Gasteiger partial charge >= 0.3 is 0 Å². The zero-order chi connectivity index (χ0) is 31.3. The fourth-order valence-corrected chi connectivity index (χ4v) is 8.98. The van der Waals surface area contributed by atoms with Crippen LogP contribution in [-0.4, -0.2) is 14.5 Å². The smallest absolute Gasteiger partial charge is 0.160 e. The van der Waals surface area contributed by atoms with E-state index in [1.807, 2.05) is 11.3 Å². The molecule has 0 N–H and O–H groups in total. The number of rotatable bonds is 3. The first-order chi connectivity index (χ1) is 23.1. The van der Waals surface area contributed by atoms with Gasteiger partial charge < -0.3 is 4.57 Å². The fraction of sp³-hybridized carbons (Fsp3) is 0.0698. The molecule has 0 saturated heterocycles. The zero-order valence-electron chi connectivity index (χ0n) is 26.0. The largest absolute Gasteiger partial charge is 0.309 e. The summed E-state index contributed by atoms with van der Waals surface area (Å²) in [6, 6.07) is 50.1. The summed E-state index contributed by atoms with van der Waals surface area (Å²) < 4.78 is 5.05. The summed E-state index contributed by atoms with van der Waals surface area (Å²) in [4.78, 5) is 10.6. The van der Waals surface area contributed by atoms with E-state index < -0.39 is 0 Å². The first-order valence-electron chi connectivity index (χ1n) is 16.1. The summed E-state index contributed by atoms with van der Waals surface area (Å²) in [5, 5.41) is 5.26. The van der Waals surface area contributed by atoms with Crippen LogP contribution in [0.25, 0.3) is 81.6 Å². The van der Waals surface area contributed by atoms with Gasteiger partial charge in [-0.3, -0.25) is 0 Å². The van der Waals surface area contributed by atoms with Crippen molar-refractivity contribution in [3.05, 3.63) is 151 Å². The third-order valence-electron chi connectivity index (χ3n) is 10.00. The lowest BCUT2D eigenvalue weighted by Crippen LogP contribution is -2.17. The van der Waals surface area contributed by atoms with Gasteiger partial charge in [0.25, 0.3) is 0 Å². The molecular weight excluding hydrogens is 591 g/mol. The maximum absolute atomic E-state index is 5.30. The van der Waals surface area contributed by atoms with Crippen LogP contribution in [0.4, 0.5) is 0 Å². The Morgan fingerprint density at radius 1 is 0.532 bits per heavy atom. The van der Waals surface area contributed by atoms with Crippen LogP contribution >= 0.6 is 11.3 Å². The van der Waals surface area contributed by atoms with Crippen molar-refractivity contribution in [1.29, 1.82) is 0 Å². The number of fused-ring (bicyclic) bond motifs is 10. The summed E-state index contributed by atoms with van der Waals surface area (Å²) in [6.45, 7) is 4.58. The Labute approximate surface area is 276 Å². The van der Waals surface area contributed by atoms with E-state index in [1.54, 1.807) is 0 Å². The number of para-hydroxylation sites is 1. The van der Waals surface area contributed by atoms with Crippen molar-refractivity contribution in [2.75, 3.05) is 0 Å². The molecule has 0 saturated carbocycles. The van der Waals surface area contributed by atoms with Crippen LogP contribution < -0.4 is 0 Å². The Kier molecular flexibility index (Phi) is 5.50. The van der Waals surface area contributed by atoms with Crippen LogP contribution in [0, 0.1) is 0 Å². The summed E-state index contributed by atoms with van der Waals surface area (Å²) in [6.07, 6.45) is 0. The molecule has 0 bridgehead atoms. The first kappa shape index (κ1) is 26.6. The van der Waals surface area contributed by atoms with Gasteiger partial charge in [-0.2, -0.15) is 0 Å². The highest BCUT2D eigenvalue weighted by molar-refractivity contribution is 7.26. The number of thiophene rings is 1. The molecule has 0 aliphatic heterocycles. The highest BCUT2D eigenvalue weighted by Crippen LogP contribution is 2.51. The molecule has 0 spiro atoms. The monoisotopic (exact) mass is 619 g/mol. The lowest BCUT2D eigenvalue weighted by atomic mass is 9.81. The third kappa shape index (κ3) is 3.73. The molecule has 0 radical (unpaired) electrons. The van der Waals surface area contributed by atoms with Crippen LogP contribution in [0.3, 0.4) is 0 Å². The molecule has 0 amide bonds. The van der Waals surface area contributed by atoms with Gasteiger partial charge in [0, 0.05) is 64.3 Å². The van der Waals surface area contributed by atoms with E-state index >= 15 is 0 Å². The Morgan fingerprint density at radius 3 is 2.09 bits per heavy atom. The topological polar surface area (TPSA) is 30.7 Å². The normalized spacial score (nSPS) is 13.5. The molecule has 3 aromatic heterocycles.